The molecule has 0 aliphatic heterocycles. The Hall–Kier alpha value is -0.670. The van der Waals surface area contributed by atoms with E-state index in [1.165, 1.54) is 12.4 Å². The first-order chi connectivity index (χ1) is 4.70. The number of hydrogen-bond donors (Lipinski definition) is 1. The summed E-state index contributed by atoms with van der Waals surface area (Å²) in [7, 11) is 0. The molecular formula is C6H7ClN2O. The molecule has 0 unspecified atom stereocenters. The Labute approximate surface area is 63.7 Å². The second-order valence-electron chi connectivity index (χ2n) is 1.94. The van der Waals surface area contributed by atoms with Crippen molar-refractivity contribution >= 4 is 11.6 Å². The SMILES string of the molecule is C[C@H](O)c1cnc(Cl)cn1. The van der Waals surface area contributed by atoms with Gasteiger partial charge in [-0.3, -0.25) is 4.98 Å². The fraction of sp³-hybridized carbons (Fsp3) is 0.333. The zero-order valence-corrected chi connectivity index (χ0v) is 6.21. The van der Waals surface area contributed by atoms with Crippen molar-refractivity contribution in [1.82, 2.24) is 9.97 Å². The zero-order valence-electron chi connectivity index (χ0n) is 5.45. The third-order valence-corrected chi connectivity index (χ3v) is 1.26. The van der Waals surface area contributed by atoms with Gasteiger partial charge in [0.15, 0.2) is 0 Å². The lowest BCUT2D eigenvalue weighted by molar-refractivity contribution is 0.194. The van der Waals surface area contributed by atoms with E-state index in [1.54, 1.807) is 6.92 Å². The highest BCUT2D eigenvalue weighted by molar-refractivity contribution is 6.29. The van der Waals surface area contributed by atoms with E-state index < -0.39 is 6.10 Å². The Morgan fingerprint density at radius 2 is 2.20 bits per heavy atom. The predicted molar refractivity (Wildman–Crippen MR) is 37.7 cm³/mol. The summed E-state index contributed by atoms with van der Waals surface area (Å²) in [5, 5.41) is 9.31. The number of nitrogens with zero attached hydrogens (tertiary/aromatic N) is 2. The average Bonchev–Trinajstić information content (AvgIpc) is 1.88. The number of halogens is 1. The van der Waals surface area contributed by atoms with Crippen LogP contribution in [0.4, 0.5) is 0 Å². The highest BCUT2D eigenvalue weighted by Gasteiger charge is 2.00. The van der Waals surface area contributed by atoms with Crippen LogP contribution in [-0.2, 0) is 0 Å². The summed E-state index contributed by atoms with van der Waals surface area (Å²) >= 11 is 5.46. The van der Waals surface area contributed by atoms with Gasteiger partial charge in [0.25, 0.3) is 0 Å². The fourth-order valence-electron chi connectivity index (χ4n) is 0.538. The summed E-state index contributed by atoms with van der Waals surface area (Å²) in [4.78, 5) is 7.58. The molecule has 0 bridgehead atoms. The van der Waals surface area contributed by atoms with Gasteiger partial charge in [-0.15, -0.1) is 0 Å². The molecule has 1 heterocycles. The maximum Gasteiger partial charge on any atom is 0.147 e. The van der Waals surface area contributed by atoms with Crippen molar-refractivity contribution in [2.45, 2.75) is 13.0 Å². The largest absolute Gasteiger partial charge is 0.387 e. The van der Waals surface area contributed by atoms with Gasteiger partial charge in [0.1, 0.15) is 5.15 Å². The van der Waals surface area contributed by atoms with Gasteiger partial charge >= 0.3 is 0 Å². The minimum atomic E-state index is -0.579. The summed E-state index contributed by atoms with van der Waals surface area (Å²) in [5.74, 6) is 0. The lowest BCUT2D eigenvalue weighted by atomic mass is 10.3. The molecular weight excluding hydrogens is 152 g/mol. The molecule has 4 heteroatoms. The fourth-order valence-corrected chi connectivity index (χ4v) is 0.636. The lowest BCUT2D eigenvalue weighted by Gasteiger charge is -2.00. The molecule has 0 aromatic carbocycles. The lowest BCUT2D eigenvalue weighted by Crippen LogP contribution is -1.95. The molecule has 0 saturated heterocycles. The second-order valence-corrected chi connectivity index (χ2v) is 2.33. The Balaban J connectivity index is 2.89. The molecule has 1 atom stereocenters. The monoisotopic (exact) mass is 158 g/mol. The molecule has 1 rings (SSSR count). The first kappa shape index (κ1) is 7.44. The highest BCUT2D eigenvalue weighted by atomic mass is 35.5. The molecule has 54 valence electrons. The number of hydrogen-bond acceptors (Lipinski definition) is 3. The van der Waals surface area contributed by atoms with Crippen LogP contribution in [0.2, 0.25) is 5.15 Å². The van der Waals surface area contributed by atoms with Crippen LogP contribution >= 0.6 is 11.6 Å². The van der Waals surface area contributed by atoms with E-state index in [9.17, 15) is 0 Å². The smallest absolute Gasteiger partial charge is 0.147 e. The molecule has 1 aromatic rings. The maximum atomic E-state index is 8.97. The molecule has 0 radical (unpaired) electrons. The maximum absolute atomic E-state index is 8.97. The molecule has 0 amide bonds. The normalized spacial score (nSPS) is 13.1. The van der Waals surface area contributed by atoms with Gasteiger partial charge < -0.3 is 5.11 Å². The van der Waals surface area contributed by atoms with Gasteiger partial charge in [-0.2, -0.15) is 0 Å². The van der Waals surface area contributed by atoms with E-state index in [-0.39, 0.29) is 0 Å². The van der Waals surface area contributed by atoms with Gasteiger partial charge in [0.2, 0.25) is 0 Å². The summed E-state index contributed by atoms with van der Waals surface area (Å²) < 4.78 is 0. The van der Waals surface area contributed by atoms with E-state index in [1.807, 2.05) is 0 Å². The van der Waals surface area contributed by atoms with Crippen molar-refractivity contribution in [3.8, 4) is 0 Å². The molecule has 1 N–H and O–H groups in total. The topological polar surface area (TPSA) is 46.0 Å². The number of aliphatic hydroxyl groups is 1. The number of aliphatic hydroxyl groups excluding tert-OH is 1. The van der Waals surface area contributed by atoms with Crippen LogP contribution < -0.4 is 0 Å². The van der Waals surface area contributed by atoms with Crippen molar-refractivity contribution in [3.05, 3.63) is 23.2 Å². The molecule has 3 nitrogen and oxygen atoms in total. The molecule has 0 aliphatic carbocycles. The van der Waals surface area contributed by atoms with Crippen molar-refractivity contribution in [2.75, 3.05) is 0 Å². The van der Waals surface area contributed by atoms with Crippen LogP contribution in [0, 0.1) is 0 Å². The van der Waals surface area contributed by atoms with Crippen LogP contribution in [0.15, 0.2) is 12.4 Å². The van der Waals surface area contributed by atoms with Crippen LogP contribution in [0.3, 0.4) is 0 Å². The summed E-state index contributed by atoms with van der Waals surface area (Å²) in [6.45, 7) is 1.62. The van der Waals surface area contributed by atoms with Crippen LogP contribution in [0.25, 0.3) is 0 Å². The quantitative estimate of drug-likeness (QED) is 0.668. The Kier molecular flexibility index (Phi) is 2.19. The molecule has 1 aromatic heterocycles. The third kappa shape index (κ3) is 1.65. The average molecular weight is 159 g/mol. The van der Waals surface area contributed by atoms with Crippen LogP contribution in [-0.4, -0.2) is 15.1 Å². The molecule has 0 aliphatic rings. The van der Waals surface area contributed by atoms with Crippen molar-refractivity contribution < 1.29 is 5.11 Å². The summed E-state index contributed by atoms with van der Waals surface area (Å²) in [6.07, 6.45) is 2.28. The second kappa shape index (κ2) is 2.94. The standard InChI is InChI=1S/C6H7ClN2O/c1-4(10)5-2-9-6(7)3-8-5/h2-4,10H,1H3/t4-/m0/s1. The molecule has 10 heavy (non-hydrogen) atoms. The summed E-state index contributed by atoms with van der Waals surface area (Å²) in [6, 6.07) is 0. The number of aromatic nitrogens is 2. The van der Waals surface area contributed by atoms with E-state index >= 15 is 0 Å². The highest BCUT2D eigenvalue weighted by Crippen LogP contribution is 2.08. The third-order valence-electron chi connectivity index (χ3n) is 1.07. The van der Waals surface area contributed by atoms with Gasteiger partial charge in [0.05, 0.1) is 24.2 Å². The van der Waals surface area contributed by atoms with E-state index in [0.717, 1.165) is 0 Å². The summed E-state index contributed by atoms with van der Waals surface area (Å²) in [5.41, 5.74) is 0.532. The predicted octanol–water partition coefficient (Wildman–Crippen LogP) is 1.18. The van der Waals surface area contributed by atoms with Crippen LogP contribution in [0.1, 0.15) is 18.7 Å². The van der Waals surface area contributed by atoms with E-state index in [0.29, 0.717) is 10.8 Å². The van der Waals surface area contributed by atoms with E-state index in [2.05, 4.69) is 9.97 Å². The molecule has 0 fully saturated rings. The van der Waals surface area contributed by atoms with E-state index in [4.69, 9.17) is 16.7 Å². The van der Waals surface area contributed by atoms with Crippen molar-refractivity contribution in [1.29, 1.82) is 0 Å². The van der Waals surface area contributed by atoms with Crippen LogP contribution in [0.5, 0.6) is 0 Å². The molecule has 0 saturated carbocycles. The number of rotatable bonds is 1. The van der Waals surface area contributed by atoms with Crippen molar-refractivity contribution in [2.24, 2.45) is 0 Å². The first-order valence-corrected chi connectivity index (χ1v) is 3.23. The van der Waals surface area contributed by atoms with Gasteiger partial charge in [-0.1, -0.05) is 11.6 Å². The van der Waals surface area contributed by atoms with Gasteiger partial charge in [-0.25, -0.2) is 4.98 Å². The van der Waals surface area contributed by atoms with Gasteiger partial charge in [0, 0.05) is 0 Å². The minimum Gasteiger partial charge on any atom is -0.387 e. The van der Waals surface area contributed by atoms with Gasteiger partial charge in [-0.05, 0) is 6.92 Å². The Morgan fingerprint density at radius 3 is 2.60 bits per heavy atom. The first-order valence-electron chi connectivity index (χ1n) is 2.85. The molecule has 0 spiro atoms. The Bertz CT molecular complexity index is 209. The Morgan fingerprint density at radius 1 is 1.50 bits per heavy atom. The van der Waals surface area contributed by atoms with Crippen molar-refractivity contribution in [3.63, 3.8) is 0 Å². The minimum absolute atomic E-state index is 0.337. The zero-order chi connectivity index (χ0) is 7.56.